The molecule has 2 heterocycles. The topological polar surface area (TPSA) is 64.7 Å². The van der Waals surface area contributed by atoms with Gasteiger partial charge in [0.05, 0.1) is 6.54 Å². The normalized spacial score (nSPS) is 12.6. The van der Waals surface area contributed by atoms with Crippen LogP contribution in [0.25, 0.3) is 0 Å². The molecule has 0 spiro atoms. The van der Waals surface area contributed by atoms with Crippen molar-refractivity contribution < 1.29 is 22.4 Å². The van der Waals surface area contributed by atoms with Crippen molar-refractivity contribution in [1.29, 1.82) is 0 Å². The van der Waals surface area contributed by atoms with Crippen molar-refractivity contribution >= 4 is 46.5 Å². The summed E-state index contributed by atoms with van der Waals surface area (Å²) in [6, 6.07) is 4.21. The molecular formula is C18H14Cl3F4N5O. The lowest BCUT2D eigenvalue weighted by Gasteiger charge is -2.14. The van der Waals surface area contributed by atoms with E-state index in [1.54, 1.807) is 18.2 Å². The molecule has 1 aromatic carbocycles. The van der Waals surface area contributed by atoms with Gasteiger partial charge in [-0.05, 0) is 25.1 Å². The molecule has 0 saturated carbocycles. The summed E-state index contributed by atoms with van der Waals surface area (Å²) in [6.45, 7) is 1.38. The lowest BCUT2D eigenvalue weighted by atomic mass is 10.2. The Labute approximate surface area is 188 Å². The Morgan fingerprint density at radius 1 is 1.06 bits per heavy atom. The van der Waals surface area contributed by atoms with Gasteiger partial charge in [-0.15, -0.1) is 0 Å². The number of aromatic nitrogens is 4. The highest BCUT2D eigenvalue weighted by atomic mass is 35.5. The second-order valence-corrected chi connectivity index (χ2v) is 7.65. The summed E-state index contributed by atoms with van der Waals surface area (Å²) in [4.78, 5) is 12.5. The van der Waals surface area contributed by atoms with E-state index in [1.807, 2.05) is 0 Å². The molecule has 13 heteroatoms. The second kappa shape index (κ2) is 9.46. The van der Waals surface area contributed by atoms with Gasteiger partial charge < -0.3 is 5.32 Å². The molecule has 0 aliphatic carbocycles. The van der Waals surface area contributed by atoms with E-state index in [4.69, 9.17) is 34.8 Å². The van der Waals surface area contributed by atoms with Crippen LogP contribution in [0.4, 0.5) is 23.4 Å². The Bertz CT molecular complexity index is 1080. The monoisotopic (exact) mass is 497 g/mol. The first-order valence-corrected chi connectivity index (χ1v) is 9.84. The maximum Gasteiger partial charge on any atom is 0.282 e. The number of halogens is 7. The molecule has 0 fully saturated rings. The van der Waals surface area contributed by atoms with Crippen LogP contribution < -0.4 is 5.32 Å². The number of rotatable bonds is 7. The summed E-state index contributed by atoms with van der Waals surface area (Å²) < 4.78 is 54.0. The Morgan fingerprint density at radius 2 is 1.71 bits per heavy atom. The fourth-order valence-corrected chi connectivity index (χ4v) is 3.46. The summed E-state index contributed by atoms with van der Waals surface area (Å²) in [7, 11) is 0. The predicted octanol–water partition coefficient (Wildman–Crippen LogP) is 6.16. The van der Waals surface area contributed by atoms with Gasteiger partial charge in [0.15, 0.2) is 5.82 Å². The van der Waals surface area contributed by atoms with Crippen LogP contribution >= 0.6 is 34.8 Å². The average Bonchev–Trinajstić information content (AvgIpc) is 3.28. The zero-order valence-corrected chi connectivity index (χ0v) is 17.9. The van der Waals surface area contributed by atoms with Crippen LogP contribution in [-0.4, -0.2) is 25.5 Å². The first-order chi connectivity index (χ1) is 14.6. The molecule has 3 rings (SSSR count). The zero-order chi connectivity index (χ0) is 22.9. The Kier molecular flexibility index (Phi) is 7.13. The first kappa shape index (κ1) is 23.4. The molecular weight excluding hydrogens is 485 g/mol. The fraction of sp³-hybridized carbons (Fsp3) is 0.278. The molecule has 1 amide bonds. The number of anilines is 1. The van der Waals surface area contributed by atoms with Gasteiger partial charge >= 0.3 is 0 Å². The smallest absolute Gasteiger partial charge is 0.282 e. The van der Waals surface area contributed by atoms with Crippen molar-refractivity contribution in [2.75, 3.05) is 5.32 Å². The lowest BCUT2D eigenvalue weighted by molar-refractivity contribution is -0.119. The number of nitrogens with one attached hydrogen (secondary N) is 1. The van der Waals surface area contributed by atoms with Crippen LogP contribution in [0.3, 0.4) is 0 Å². The minimum Gasteiger partial charge on any atom is -0.306 e. The van der Waals surface area contributed by atoms with Gasteiger partial charge in [-0.25, -0.2) is 17.6 Å². The highest BCUT2D eigenvalue weighted by molar-refractivity contribution is 6.36. The highest BCUT2D eigenvalue weighted by Gasteiger charge is 2.27. The summed E-state index contributed by atoms with van der Waals surface area (Å²) in [5, 5.41) is 10.8. The number of alkyl halides is 4. The summed E-state index contributed by atoms with van der Waals surface area (Å²) in [5.41, 5.74) is -1.08. The average molecular weight is 499 g/mol. The van der Waals surface area contributed by atoms with E-state index in [-0.39, 0.29) is 17.4 Å². The van der Waals surface area contributed by atoms with E-state index < -0.39 is 36.2 Å². The third-order valence-electron chi connectivity index (χ3n) is 4.32. The quantitative estimate of drug-likeness (QED) is 0.397. The summed E-state index contributed by atoms with van der Waals surface area (Å²) in [5.74, 6) is -0.879. The molecule has 0 aliphatic rings. The minimum atomic E-state index is -3.10. The molecule has 2 aromatic heterocycles. The van der Waals surface area contributed by atoms with Gasteiger partial charge in [0.2, 0.25) is 5.91 Å². The van der Waals surface area contributed by atoms with Crippen molar-refractivity contribution in [3.8, 4) is 0 Å². The maximum absolute atomic E-state index is 13.2. The maximum atomic E-state index is 13.2. The lowest BCUT2D eigenvalue weighted by Crippen LogP contribution is -2.26. The van der Waals surface area contributed by atoms with Crippen LogP contribution in [-0.2, 0) is 11.3 Å². The zero-order valence-electron chi connectivity index (χ0n) is 15.7. The van der Waals surface area contributed by atoms with Crippen LogP contribution in [0.2, 0.25) is 15.1 Å². The van der Waals surface area contributed by atoms with E-state index in [0.717, 1.165) is 0 Å². The van der Waals surface area contributed by atoms with E-state index >= 15 is 0 Å². The molecule has 0 saturated heterocycles. The molecule has 1 N–H and O–H groups in total. The largest absolute Gasteiger partial charge is 0.306 e. The van der Waals surface area contributed by atoms with Crippen molar-refractivity contribution in [2.45, 2.75) is 32.4 Å². The molecule has 0 bridgehead atoms. The van der Waals surface area contributed by atoms with Crippen LogP contribution in [0.1, 0.15) is 42.8 Å². The van der Waals surface area contributed by atoms with Crippen molar-refractivity contribution in [3.63, 3.8) is 0 Å². The van der Waals surface area contributed by atoms with Crippen molar-refractivity contribution in [3.05, 3.63) is 62.5 Å². The number of nitrogens with zero attached hydrogens (tertiary/aromatic N) is 4. The van der Waals surface area contributed by atoms with Gasteiger partial charge in [-0.1, -0.05) is 40.9 Å². The van der Waals surface area contributed by atoms with Gasteiger partial charge in [-0.2, -0.15) is 10.2 Å². The van der Waals surface area contributed by atoms with Crippen LogP contribution in [0, 0.1) is 0 Å². The van der Waals surface area contributed by atoms with Gasteiger partial charge in [0, 0.05) is 21.8 Å². The van der Waals surface area contributed by atoms with E-state index in [0.29, 0.717) is 26.4 Å². The predicted molar refractivity (Wildman–Crippen MR) is 108 cm³/mol. The fourth-order valence-electron chi connectivity index (χ4n) is 2.75. The molecule has 3 aromatic rings. The number of hydrogen-bond acceptors (Lipinski definition) is 3. The number of carbonyl (C=O) groups is 1. The molecule has 1 atom stereocenters. The molecule has 166 valence electrons. The number of amides is 1. The Morgan fingerprint density at radius 3 is 2.29 bits per heavy atom. The van der Waals surface area contributed by atoms with Crippen molar-refractivity contribution in [1.82, 2.24) is 19.6 Å². The van der Waals surface area contributed by atoms with Crippen molar-refractivity contribution in [2.24, 2.45) is 0 Å². The third-order valence-corrected chi connectivity index (χ3v) is 5.30. The van der Waals surface area contributed by atoms with Crippen LogP contribution in [0.15, 0.2) is 30.5 Å². The van der Waals surface area contributed by atoms with E-state index in [1.165, 1.54) is 17.8 Å². The summed E-state index contributed by atoms with van der Waals surface area (Å²) in [6.07, 6.45) is -4.75. The van der Waals surface area contributed by atoms with Crippen LogP contribution in [0.5, 0.6) is 0 Å². The van der Waals surface area contributed by atoms with E-state index in [9.17, 15) is 22.4 Å². The highest BCUT2D eigenvalue weighted by Crippen LogP contribution is 2.29. The SMILES string of the molecule is CC(C(=O)Nc1nn(Cc2c(Cl)cccc2Cl)cc1Cl)n1nc(C(F)F)cc1C(F)F. The molecule has 0 aliphatic heterocycles. The van der Waals surface area contributed by atoms with Gasteiger partial charge in [-0.3, -0.25) is 14.2 Å². The minimum absolute atomic E-state index is 0.0541. The summed E-state index contributed by atoms with van der Waals surface area (Å²) >= 11 is 18.4. The van der Waals surface area contributed by atoms with Gasteiger partial charge in [0.1, 0.15) is 22.5 Å². The van der Waals surface area contributed by atoms with Gasteiger partial charge in [0.25, 0.3) is 12.9 Å². The third kappa shape index (κ3) is 5.13. The first-order valence-electron chi connectivity index (χ1n) is 8.70. The second-order valence-electron chi connectivity index (χ2n) is 6.43. The Hall–Kier alpha value is -2.30. The van der Waals surface area contributed by atoms with E-state index in [2.05, 4.69) is 15.5 Å². The number of carbonyl (C=O) groups excluding carboxylic acids is 1. The number of benzene rings is 1. The molecule has 1 unspecified atom stereocenters. The number of hydrogen-bond donors (Lipinski definition) is 1. The molecule has 31 heavy (non-hydrogen) atoms. The standard InChI is InChI=1S/C18H14Cl3F4N5O/c1-8(30-14(16(24)25)5-13(27-30)15(22)23)18(31)26-17-12(21)7-29(28-17)6-9-10(19)3-2-4-11(9)20/h2-5,7-8,15-16H,6H2,1H3,(H,26,28,31). The molecule has 6 nitrogen and oxygen atoms in total. The Balaban J connectivity index is 1.80. The molecule has 0 radical (unpaired) electrons.